The molecule has 0 aliphatic rings. The number of hydrogen-bond donors (Lipinski definition) is 1. The predicted molar refractivity (Wildman–Crippen MR) is 58.6 cm³/mol. The van der Waals surface area contributed by atoms with E-state index in [0.717, 1.165) is 17.8 Å². The summed E-state index contributed by atoms with van der Waals surface area (Å²) in [5.74, 6) is 0. The van der Waals surface area contributed by atoms with E-state index in [1.807, 2.05) is 19.2 Å². The molecule has 1 heterocycles. The van der Waals surface area contributed by atoms with Gasteiger partial charge in [0.25, 0.3) is 0 Å². The first-order valence-electron chi connectivity index (χ1n) is 4.29. The molecule has 0 aliphatic heterocycles. The van der Waals surface area contributed by atoms with E-state index in [9.17, 15) is 10.1 Å². The molecule has 0 aromatic carbocycles. The van der Waals surface area contributed by atoms with Crippen molar-refractivity contribution in [2.24, 2.45) is 0 Å². The maximum atomic E-state index is 10.4. The van der Waals surface area contributed by atoms with Crippen molar-refractivity contribution in [3.8, 4) is 0 Å². The molecule has 0 fully saturated rings. The van der Waals surface area contributed by atoms with E-state index in [1.54, 1.807) is 6.07 Å². The van der Waals surface area contributed by atoms with Gasteiger partial charge in [-0.05, 0) is 32.2 Å². The van der Waals surface area contributed by atoms with Gasteiger partial charge in [0, 0.05) is 10.9 Å². The van der Waals surface area contributed by atoms with Crippen molar-refractivity contribution in [3.63, 3.8) is 0 Å². The van der Waals surface area contributed by atoms with Gasteiger partial charge in [0.2, 0.25) is 0 Å². The normalized spacial score (nSPS) is 10.9. The Labute approximate surface area is 86.4 Å². The van der Waals surface area contributed by atoms with E-state index in [1.165, 1.54) is 17.4 Å². The lowest BCUT2D eigenvalue weighted by Crippen LogP contribution is -2.05. The van der Waals surface area contributed by atoms with Crippen LogP contribution in [0.3, 0.4) is 0 Å². The van der Waals surface area contributed by atoms with Crippen LogP contribution < -0.4 is 5.32 Å². The SMILES string of the molecule is CNCCC=Cc1ccc([N+](=O)[O-])s1. The van der Waals surface area contributed by atoms with Crippen LogP contribution in [-0.4, -0.2) is 18.5 Å². The lowest BCUT2D eigenvalue weighted by molar-refractivity contribution is -0.380. The van der Waals surface area contributed by atoms with Crippen molar-refractivity contribution < 1.29 is 4.92 Å². The largest absolute Gasteiger partial charge is 0.324 e. The van der Waals surface area contributed by atoms with Crippen LogP contribution >= 0.6 is 11.3 Å². The Kier molecular flexibility index (Phi) is 4.28. The molecule has 1 aromatic heterocycles. The van der Waals surface area contributed by atoms with E-state index >= 15 is 0 Å². The molecule has 0 saturated carbocycles. The highest BCUT2D eigenvalue weighted by atomic mass is 32.1. The summed E-state index contributed by atoms with van der Waals surface area (Å²) in [6, 6.07) is 3.29. The van der Waals surface area contributed by atoms with Gasteiger partial charge in [-0.15, -0.1) is 0 Å². The topological polar surface area (TPSA) is 55.2 Å². The molecule has 1 N–H and O–H groups in total. The van der Waals surface area contributed by atoms with Gasteiger partial charge in [-0.25, -0.2) is 0 Å². The fourth-order valence-electron chi connectivity index (χ4n) is 0.957. The molecule has 76 valence electrons. The zero-order valence-corrected chi connectivity index (χ0v) is 8.71. The molecule has 14 heavy (non-hydrogen) atoms. The van der Waals surface area contributed by atoms with Gasteiger partial charge in [0.15, 0.2) is 0 Å². The van der Waals surface area contributed by atoms with Gasteiger partial charge in [-0.1, -0.05) is 17.4 Å². The van der Waals surface area contributed by atoms with Crippen molar-refractivity contribution in [3.05, 3.63) is 33.2 Å². The quantitative estimate of drug-likeness (QED) is 0.463. The van der Waals surface area contributed by atoms with Crippen LogP contribution in [0, 0.1) is 10.1 Å². The van der Waals surface area contributed by atoms with Crippen molar-refractivity contribution in [2.75, 3.05) is 13.6 Å². The van der Waals surface area contributed by atoms with Crippen LogP contribution in [0.5, 0.6) is 0 Å². The molecule has 4 nitrogen and oxygen atoms in total. The van der Waals surface area contributed by atoms with Crippen LogP contribution in [0.25, 0.3) is 6.08 Å². The van der Waals surface area contributed by atoms with Crippen LogP contribution in [0.15, 0.2) is 18.2 Å². The Balaban J connectivity index is 2.51. The molecule has 0 amide bonds. The fraction of sp³-hybridized carbons (Fsp3) is 0.333. The third-order valence-corrected chi connectivity index (χ3v) is 2.64. The highest BCUT2D eigenvalue weighted by Crippen LogP contribution is 2.24. The minimum Gasteiger partial charge on any atom is -0.319 e. The van der Waals surface area contributed by atoms with E-state index in [-0.39, 0.29) is 9.92 Å². The summed E-state index contributed by atoms with van der Waals surface area (Å²) >= 11 is 1.19. The molecule has 1 aromatic rings. The summed E-state index contributed by atoms with van der Waals surface area (Å²) in [7, 11) is 1.89. The van der Waals surface area contributed by atoms with Crippen LogP contribution in [0.1, 0.15) is 11.3 Å². The first-order chi connectivity index (χ1) is 6.74. The highest BCUT2D eigenvalue weighted by Gasteiger charge is 2.06. The molecule has 0 atom stereocenters. The standard InChI is InChI=1S/C9H12N2O2S/c1-10-7-3-2-4-8-5-6-9(14-8)11(12)13/h2,4-6,10H,3,7H2,1H3. The van der Waals surface area contributed by atoms with E-state index in [2.05, 4.69) is 5.32 Å². The minimum atomic E-state index is -0.365. The number of hydrogen-bond acceptors (Lipinski definition) is 4. The molecule has 0 spiro atoms. The molecule has 0 unspecified atom stereocenters. The predicted octanol–water partition coefficient (Wildman–Crippen LogP) is 2.28. The summed E-state index contributed by atoms with van der Waals surface area (Å²) < 4.78 is 0. The summed E-state index contributed by atoms with van der Waals surface area (Å²) in [4.78, 5) is 10.9. The van der Waals surface area contributed by atoms with E-state index < -0.39 is 0 Å². The van der Waals surface area contributed by atoms with Crippen molar-refractivity contribution in [1.29, 1.82) is 0 Å². The number of thiophene rings is 1. The van der Waals surface area contributed by atoms with Crippen molar-refractivity contribution in [1.82, 2.24) is 5.32 Å². The van der Waals surface area contributed by atoms with Crippen molar-refractivity contribution >= 4 is 22.4 Å². The monoisotopic (exact) mass is 212 g/mol. The Bertz CT molecular complexity index is 333. The third kappa shape index (κ3) is 3.27. The Morgan fingerprint density at radius 3 is 3.00 bits per heavy atom. The summed E-state index contributed by atoms with van der Waals surface area (Å²) in [5.41, 5.74) is 0. The van der Waals surface area contributed by atoms with Crippen molar-refractivity contribution in [2.45, 2.75) is 6.42 Å². The Morgan fingerprint density at radius 2 is 2.43 bits per heavy atom. The number of nitrogens with one attached hydrogen (secondary N) is 1. The van der Waals surface area contributed by atoms with E-state index in [4.69, 9.17) is 0 Å². The molecular formula is C9H12N2O2S. The maximum Gasteiger partial charge on any atom is 0.324 e. The molecule has 1 rings (SSSR count). The van der Waals surface area contributed by atoms with Crippen LogP contribution in [0.2, 0.25) is 0 Å². The first kappa shape index (κ1) is 10.9. The van der Waals surface area contributed by atoms with Gasteiger partial charge >= 0.3 is 5.00 Å². The Morgan fingerprint density at radius 1 is 1.64 bits per heavy atom. The zero-order chi connectivity index (χ0) is 10.4. The second-order valence-corrected chi connectivity index (χ2v) is 3.82. The van der Waals surface area contributed by atoms with Crippen LogP contribution in [-0.2, 0) is 0 Å². The molecule has 0 saturated heterocycles. The fourth-order valence-corrected chi connectivity index (χ4v) is 1.71. The zero-order valence-electron chi connectivity index (χ0n) is 7.90. The molecular weight excluding hydrogens is 200 g/mol. The van der Waals surface area contributed by atoms with Gasteiger partial charge in [-0.3, -0.25) is 10.1 Å². The second-order valence-electron chi connectivity index (χ2n) is 2.73. The summed E-state index contributed by atoms with van der Waals surface area (Å²) in [6.07, 6.45) is 4.85. The minimum absolute atomic E-state index is 0.193. The average molecular weight is 212 g/mol. The van der Waals surface area contributed by atoms with Gasteiger partial charge in [-0.2, -0.15) is 0 Å². The first-order valence-corrected chi connectivity index (χ1v) is 5.11. The molecule has 0 aliphatic carbocycles. The Hall–Kier alpha value is -1.20. The number of nitrogens with zero attached hydrogens (tertiary/aromatic N) is 1. The highest BCUT2D eigenvalue weighted by molar-refractivity contribution is 7.16. The van der Waals surface area contributed by atoms with Gasteiger partial charge in [0.1, 0.15) is 0 Å². The summed E-state index contributed by atoms with van der Waals surface area (Å²) in [5, 5.41) is 13.6. The lowest BCUT2D eigenvalue weighted by Gasteiger charge is -1.89. The molecule has 0 bridgehead atoms. The lowest BCUT2D eigenvalue weighted by atomic mass is 10.3. The third-order valence-electron chi connectivity index (χ3n) is 1.64. The molecule has 5 heteroatoms. The molecule has 0 radical (unpaired) electrons. The second kappa shape index (κ2) is 5.51. The van der Waals surface area contributed by atoms with E-state index in [0.29, 0.717) is 0 Å². The maximum absolute atomic E-state index is 10.4. The summed E-state index contributed by atoms with van der Waals surface area (Å²) in [6.45, 7) is 0.921. The van der Waals surface area contributed by atoms with Gasteiger partial charge < -0.3 is 5.32 Å². The number of nitro groups is 1. The van der Waals surface area contributed by atoms with Gasteiger partial charge in [0.05, 0.1) is 4.92 Å². The van der Waals surface area contributed by atoms with Crippen LogP contribution in [0.4, 0.5) is 5.00 Å². The number of rotatable bonds is 5. The smallest absolute Gasteiger partial charge is 0.319 e. The average Bonchev–Trinajstić information content (AvgIpc) is 2.61.